The van der Waals surface area contributed by atoms with E-state index in [9.17, 15) is 18.0 Å². The molecule has 0 aliphatic carbocycles. The monoisotopic (exact) mass is 595 g/mol. The number of thiophene rings is 1. The summed E-state index contributed by atoms with van der Waals surface area (Å²) in [5.41, 5.74) is 1.66. The van der Waals surface area contributed by atoms with E-state index in [-0.39, 0.29) is 17.6 Å². The fraction of sp³-hybridized carbons (Fsp3) is 0.400. The zero-order valence-corrected chi connectivity index (χ0v) is 24.8. The average Bonchev–Trinajstić information content (AvgIpc) is 3.58. The highest BCUT2D eigenvalue weighted by Gasteiger charge is 2.36. The van der Waals surface area contributed by atoms with Crippen LogP contribution in [0.15, 0.2) is 47.2 Å². The van der Waals surface area contributed by atoms with E-state index in [0.29, 0.717) is 18.5 Å². The van der Waals surface area contributed by atoms with Crippen molar-refractivity contribution in [1.82, 2.24) is 20.1 Å². The molecule has 212 valence electrons. The van der Waals surface area contributed by atoms with Crippen LogP contribution in [0.1, 0.15) is 30.6 Å². The molecule has 0 fully saturated rings. The molecule has 2 amide bonds. The molecule has 0 saturated heterocycles. The Hall–Kier alpha value is -3.04. The number of ether oxygens (including phenoxy) is 1. The van der Waals surface area contributed by atoms with Crippen molar-refractivity contribution in [3.8, 4) is 9.88 Å². The van der Waals surface area contributed by atoms with Gasteiger partial charge in [-0.25, -0.2) is 9.78 Å². The second-order valence-electron chi connectivity index (χ2n) is 9.06. The van der Waals surface area contributed by atoms with Crippen LogP contribution in [0, 0.1) is 0 Å². The van der Waals surface area contributed by atoms with E-state index in [4.69, 9.17) is 14.3 Å². The third-order valence-corrected chi connectivity index (χ3v) is 8.56. The number of benzene rings is 1. The standard InChI is InChI=1S/C25H33N5O6S3/c1-6-20(29(2)3)22(30(4)25(32)36-5)23(31)26-18(19-15-38-24(27-19)21-8-7-13-37-21)14-16-9-11-17(12-10-16)28-39(33,34)35/h7-13,15,18,20,22,28H,6,14H2,1-5H3,(H,26,31)(H,33,34,35)/t18-,20?,22?/m0/s1. The lowest BCUT2D eigenvalue weighted by atomic mass is 9.99. The van der Waals surface area contributed by atoms with Gasteiger partial charge in [0.15, 0.2) is 0 Å². The number of rotatable bonds is 12. The largest absolute Gasteiger partial charge is 0.453 e. The lowest BCUT2D eigenvalue weighted by molar-refractivity contribution is -0.128. The number of hydrogen-bond acceptors (Lipinski definition) is 9. The van der Waals surface area contributed by atoms with Gasteiger partial charge in [0.1, 0.15) is 11.0 Å². The van der Waals surface area contributed by atoms with Crippen molar-refractivity contribution in [1.29, 1.82) is 0 Å². The third-order valence-electron chi connectivity index (χ3n) is 6.16. The lowest BCUT2D eigenvalue weighted by Crippen LogP contribution is -2.58. The van der Waals surface area contributed by atoms with E-state index >= 15 is 0 Å². The molecule has 3 N–H and O–H groups in total. The first kappa shape index (κ1) is 30.5. The first-order chi connectivity index (χ1) is 18.4. The summed E-state index contributed by atoms with van der Waals surface area (Å²) >= 11 is 3.04. The maximum absolute atomic E-state index is 13.8. The first-order valence-corrected chi connectivity index (χ1v) is 15.2. The summed E-state index contributed by atoms with van der Waals surface area (Å²) in [7, 11) is 2.12. The van der Waals surface area contributed by atoms with Crippen LogP contribution in [-0.4, -0.2) is 80.1 Å². The Morgan fingerprint density at radius 1 is 1.13 bits per heavy atom. The average molecular weight is 596 g/mol. The van der Waals surface area contributed by atoms with Crippen LogP contribution in [0.5, 0.6) is 0 Å². The lowest BCUT2D eigenvalue weighted by Gasteiger charge is -2.36. The second kappa shape index (κ2) is 13.3. The number of aromatic nitrogens is 1. The van der Waals surface area contributed by atoms with Gasteiger partial charge < -0.3 is 15.0 Å². The fourth-order valence-electron chi connectivity index (χ4n) is 4.28. The van der Waals surface area contributed by atoms with Gasteiger partial charge in [0, 0.05) is 18.5 Å². The number of hydrogen-bond donors (Lipinski definition) is 3. The summed E-state index contributed by atoms with van der Waals surface area (Å²) in [5.74, 6) is -0.358. The van der Waals surface area contributed by atoms with Gasteiger partial charge in [-0.1, -0.05) is 25.1 Å². The molecule has 0 aliphatic heterocycles. The summed E-state index contributed by atoms with van der Waals surface area (Å²) in [6.07, 6.45) is 0.333. The fourth-order valence-corrected chi connectivity index (χ4v) is 6.40. The van der Waals surface area contributed by atoms with Crippen LogP contribution in [-0.2, 0) is 26.3 Å². The van der Waals surface area contributed by atoms with Crippen LogP contribution >= 0.6 is 22.7 Å². The number of methoxy groups -OCH3 is 1. The molecule has 14 heteroatoms. The summed E-state index contributed by atoms with van der Waals surface area (Å²) in [5, 5.41) is 7.80. The molecular weight excluding hydrogens is 563 g/mol. The maximum Gasteiger partial charge on any atom is 0.409 e. The van der Waals surface area contributed by atoms with Crippen molar-refractivity contribution in [3.63, 3.8) is 0 Å². The Balaban J connectivity index is 1.94. The van der Waals surface area contributed by atoms with Crippen molar-refractivity contribution in [3.05, 3.63) is 58.4 Å². The third kappa shape index (κ3) is 8.22. The van der Waals surface area contributed by atoms with Crippen LogP contribution in [0.4, 0.5) is 10.5 Å². The Labute approximate surface area is 236 Å². The van der Waals surface area contributed by atoms with Gasteiger partial charge in [0.25, 0.3) is 0 Å². The Morgan fingerprint density at radius 3 is 2.36 bits per heavy atom. The van der Waals surface area contributed by atoms with Crippen LogP contribution in [0.2, 0.25) is 0 Å². The highest BCUT2D eigenvalue weighted by atomic mass is 32.2. The van der Waals surface area contributed by atoms with Crippen molar-refractivity contribution < 1.29 is 27.3 Å². The summed E-state index contributed by atoms with van der Waals surface area (Å²) in [6.45, 7) is 1.95. The van der Waals surface area contributed by atoms with E-state index in [0.717, 1.165) is 15.4 Å². The minimum Gasteiger partial charge on any atom is -0.453 e. The predicted octanol–water partition coefficient (Wildman–Crippen LogP) is 3.89. The molecule has 0 spiro atoms. The number of carbonyl (C=O) groups is 2. The minimum atomic E-state index is -4.40. The summed E-state index contributed by atoms with van der Waals surface area (Å²) in [6, 6.07) is 8.71. The molecule has 1 aromatic carbocycles. The SMILES string of the molecule is CCC(C(C(=O)N[C@@H](Cc1ccc(NS(=O)(=O)O)cc1)c1csc(-c2cccs2)n1)N(C)C(=O)OC)N(C)C. The van der Waals surface area contributed by atoms with Crippen molar-refractivity contribution >= 4 is 50.7 Å². The molecule has 0 bridgehead atoms. The number of carbonyl (C=O) groups excluding carboxylic acids is 2. The number of anilines is 1. The van der Waals surface area contributed by atoms with Gasteiger partial charge in [0.05, 0.1) is 29.4 Å². The van der Waals surface area contributed by atoms with Crippen molar-refractivity contribution in [2.24, 2.45) is 0 Å². The number of thiazole rings is 1. The molecule has 39 heavy (non-hydrogen) atoms. The van der Waals surface area contributed by atoms with E-state index in [1.807, 2.05) is 53.5 Å². The highest BCUT2D eigenvalue weighted by molar-refractivity contribution is 7.87. The molecule has 2 heterocycles. The zero-order chi connectivity index (χ0) is 28.7. The number of likely N-dealkylation sites (N-methyl/N-ethyl adjacent to an activating group) is 2. The van der Waals surface area contributed by atoms with Crippen molar-refractivity contribution in [2.75, 3.05) is 33.0 Å². The molecule has 0 saturated carbocycles. The maximum atomic E-state index is 13.8. The smallest absolute Gasteiger partial charge is 0.409 e. The molecule has 2 aromatic heterocycles. The van der Waals surface area contributed by atoms with Gasteiger partial charge >= 0.3 is 16.4 Å². The van der Waals surface area contributed by atoms with E-state index in [2.05, 4.69) is 5.32 Å². The molecule has 3 rings (SSSR count). The quantitative estimate of drug-likeness (QED) is 0.268. The number of amides is 2. The minimum absolute atomic E-state index is 0.201. The number of nitrogens with one attached hydrogen (secondary N) is 2. The predicted molar refractivity (Wildman–Crippen MR) is 153 cm³/mol. The van der Waals surface area contributed by atoms with Crippen molar-refractivity contribution in [2.45, 2.75) is 37.9 Å². The Kier molecular flexibility index (Phi) is 10.4. The summed E-state index contributed by atoms with van der Waals surface area (Å²) < 4.78 is 38.2. The van der Waals surface area contributed by atoms with Gasteiger partial charge in [0.2, 0.25) is 5.91 Å². The molecule has 0 aliphatic rings. The van der Waals surface area contributed by atoms with E-state index < -0.39 is 28.5 Å². The van der Waals surface area contributed by atoms with Gasteiger partial charge in [-0.05, 0) is 56.1 Å². The van der Waals surface area contributed by atoms with Gasteiger partial charge in [-0.15, -0.1) is 22.7 Å². The number of nitrogens with zero attached hydrogens (tertiary/aromatic N) is 3. The first-order valence-electron chi connectivity index (χ1n) is 12.0. The Morgan fingerprint density at radius 2 is 1.82 bits per heavy atom. The highest BCUT2D eigenvalue weighted by Crippen LogP contribution is 2.31. The van der Waals surface area contributed by atoms with Crippen LogP contribution in [0.25, 0.3) is 9.88 Å². The summed E-state index contributed by atoms with van der Waals surface area (Å²) in [4.78, 5) is 35.3. The molecular formula is C25H33N5O6S3. The van der Waals surface area contributed by atoms with Crippen LogP contribution < -0.4 is 10.0 Å². The molecule has 3 atom stereocenters. The molecule has 11 nitrogen and oxygen atoms in total. The second-order valence-corrected chi connectivity index (χ2v) is 12.0. The van der Waals surface area contributed by atoms with Gasteiger partial charge in [-0.3, -0.25) is 19.0 Å². The van der Waals surface area contributed by atoms with Gasteiger partial charge in [-0.2, -0.15) is 8.42 Å². The van der Waals surface area contributed by atoms with Crippen LogP contribution in [0.3, 0.4) is 0 Å². The molecule has 3 aromatic rings. The van der Waals surface area contributed by atoms with E-state index in [1.165, 1.54) is 42.5 Å². The zero-order valence-electron chi connectivity index (χ0n) is 22.3. The molecule has 0 radical (unpaired) electrons. The van der Waals surface area contributed by atoms with E-state index in [1.54, 1.807) is 23.5 Å². The topological polar surface area (TPSA) is 141 Å². The normalized spacial score (nSPS) is 13.9. The molecule has 2 unspecified atom stereocenters. The Bertz CT molecular complexity index is 1340.